The van der Waals surface area contributed by atoms with E-state index in [1.807, 2.05) is 13.8 Å². The van der Waals surface area contributed by atoms with Gasteiger partial charge in [-0.3, -0.25) is 4.79 Å². The molecule has 0 saturated carbocycles. The van der Waals surface area contributed by atoms with E-state index < -0.39 is 32.9 Å². The molecule has 0 atom stereocenters. The van der Waals surface area contributed by atoms with Gasteiger partial charge in [-0.1, -0.05) is 13.8 Å². The first-order chi connectivity index (χ1) is 8.02. The molecule has 1 aromatic rings. The van der Waals surface area contributed by atoms with Crippen LogP contribution < -0.4 is 0 Å². The third-order valence-electron chi connectivity index (χ3n) is 2.18. The standard InChI is InChI=1S/C10H11FIN3O2/c1-5(2)7-3-6(4-16)10(17)8(11)9(7)14-12-15-13/h3-5,13,17H,1-2H3. The van der Waals surface area contributed by atoms with E-state index in [9.17, 15) is 14.3 Å². The van der Waals surface area contributed by atoms with Crippen LogP contribution in [-0.4, -0.2) is 11.4 Å². The maximum Gasteiger partial charge on any atom is 0.191 e. The van der Waals surface area contributed by atoms with E-state index in [1.165, 1.54) is 6.07 Å². The number of carbonyl (C=O) groups excluding carboxylic acids is 1. The molecule has 0 radical (unpaired) electrons. The van der Waals surface area contributed by atoms with E-state index in [0.717, 1.165) is 0 Å². The molecule has 0 spiro atoms. The highest BCUT2D eigenvalue weighted by molar-refractivity contribution is 14.1. The Morgan fingerprint density at radius 1 is 1.59 bits per heavy atom. The van der Waals surface area contributed by atoms with E-state index in [1.54, 1.807) is 0 Å². The molecule has 0 saturated heterocycles. The number of carbonyl (C=O) groups is 1. The molecule has 17 heavy (non-hydrogen) atoms. The highest BCUT2D eigenvalue weighted by atomic mass is 127. The van der Waals surface area contributed by atoms with Crippen molar-refractivity contribution in [2.24, 2.45) is 6.47 Å². The fraction of sp³-hybridized carbons (Fsp3) is 0.300. The number of nitrogens with one attached hydrogen (secondary N) is 1. The van der Waals surface area contributed by atoms with Crippen molar-refractivity contribution in [1.82, 2.24) is 0 Å². The Morgan fingerprint density at radius 3 is 2.71 bits per heavy atom. The average molecular weight is 351 g/mol. The summed E-state index contributed by atoms with van der Waals surface area (Å²) in [5.74, 6) is -1.66. The summed E-state index contributed by atoms with van der Waals surface area (Å²) in [6, 6.07) is 1.42. The summed E-state index contributed by atoms with van der Waals surface area (Å²) in [5.41, 5.74) is 7.12. The second kappa shape index (κ2) is 5.89. The highest BCUT2D eigenvalue weighted by Crippen LogP contribution is 2.38. The molecule has 7 heteroatoms. The lowest BCUT2D eigenvalue weighted by Gasteiger charge is -2.12. The maximum absolute atomic E-state index is 13.8. The number of rotatable bonds is 4. The first-order valence-electron chi connectivity index (χ1n) is 4.74. The molecule has 0 aliphatic rings. The molecule has 0 fully saturated rings. The topological polar surface area (TPSA) is 85.9 Å². The number of aromatic hydroxyl groups is 1. The Hall–Kier alpha value is -1.25. The number of nitrogens with zero attached hydrogens (tertiary/aromatic N) is 2. The number of benzene rings is 1. The van der Waals surface area contributed by atoms with Crippen LogP contribution in [0.5, 0.6) is 5.75 Å². The van der Waals surface area contributed by atoms with Crippen LogP contribution in [0.25, 0.3) is 0 Å². The van der Waals surface area contributed by atoms with E-state index in [4.69, 9.17) is 5.53 Å². The van der Waals surface area contributed by atoms with Gasteiger partial charge in [0.15, 0.2) is 39.2 Å². The van der Waals surface area contributed by atoms with Crippen molar-refractivity contribution in [2.75, 3.05) is 0 Å². The molecule has 2 N–H and O–H groups in total. The third kappa shape index (κ3) is 2.90. The van der Waals surface area contributed by atoms with Gasteiger partial charge in [0.2, 0.25) is 0 Å². The number of hydrogen-bond acceptors (Lipinski definition) is 4. The largest absolute Gasteiger partial charge is 0.504 e. The molecule has 0 amide bonds. The van der Waals surface area contributed by atoms with Gasteiger partial charge in [0.25, 0.3) is 0 Å². The summed E-state index contributed by atoms with van der Waals surface area (Å²) in [6.45, 7) is 3.66. The minimum Gasteiger partial charge on any atom is -0.504 e. The van der Waals surface area contributed by atoms with Crippen molar-refractivity contribution in [3.05, 3.63) is 23.0 Å². The molecule has 1 aromatic carbocycles. The van der Waals surface area contributed by atoms with Crippen LogP contribution in [0.3, 0.4) is 0 Å². The highest BCUT2D eigenvalue weighted by Gasteiger charge is 2.18. The third-order valence-corrected chi connectivity index (χ3v) is 3.10. The number of hydrogen-bond donors (Lipinski definition) is 2. The number of aldehydes is 1. The minimum absolute atomic E-state index is 0.00639. The van der Waals surface area contributed by atoms with Crippen molar-refractivity contribution in [3.8, 4) is 5.75 Å². The van der Waals surface area contributed by atoms with Crippen molar-refractivity contribution in [1.29, 1.82) is 5.53 Å². The molecule has 0 aliphatic carbocycles. The zero-order chi connectivity index (χ0) is 13.0. The molecule has 0 aromatic heterocycles. The van der Waals surface area contributed by atoms with Crippen LogP contribution in [0.4, 0.5) is 10.1 Å². The predicted molar refractivity (Wildman–Crippen MR) is 68.8 cm³/mol. The van der Waals surface area contributed by atoms with Crippen LogP contribution >= 0.6 is 21.3 Å². The first-order valence-corrected chi connectivity index (χ1v) is 6.67. The minimum atomic E-state index is -1.16. The summed E-state index contributed by atoms with van der Waals surface area (Å²) in [7, 11) is 0. The summed E-state index contributed by atoms with van der Waals surface area (Å²) in [4.78, 5) is 10.7. The molecule has 0 heterocycles. The number of halogens is 2. The van der Waals surface area contributed by atoms with Gasteiger partial charge in [-0.25, -0.2) is 4.39 Å². The maximum atomic E-state index is 13.8. The molecular formula is C10H11FIN3O2. The Balaban J connectivity index is 3.54. The lowest BCUT2D eigenvalue weighted by atomic mass is 9.98. The van der Waals surface area contributed by atoms with Gasteiger partial charge in [0.1, 0.15) is 5.69 Å². The predicted octanol–water partition coefficient (Wildman–Crippen LogP) is 4.20. The van der Waals surface area contributed by atoms with Crippen LogP contribution in [0, 0.1) is 11.3 Å². The van der Waals surface area contributed by atoms with Crippen LogP contribution in [0.15, 0.2) is 12.5 Å². The summed E-state index contributed by atoms with van der Waals surface area (Å²) in [5, 5.41) is 9.45. The molecule has 92 valence electrons. The molecule has 5 nitrogen and oxygen atoms in total. The van der Waals surface area contributed by atoms with E-state index in [-0.39, 0.29) is 17.2 Å². The Morgan fingerprint density at radius 2 is 2.24 bits per heavy atom. The van der Waals surface area contributed by atoms with E-state index in [2.05, 4.69) is 6.47 Å². The monoisotopic (exact) mass is 351 g/mol. The summed E-state index contributed by atoms with van der Waals surface area (Å²) in [6.07, 6.45) is 0.401. The zero-order valence-electron chi connectivity index (χ0n) is 9.24. The van der Waals surface area contributed by atoms with Gasteiger partial charge in [-0.2, -0.15) is 8.68 Å². The van der Waals surface area contributed by atoms with Crippen molar-refractivity contribution < 1.29 is 14.3 Å². The van der Waals surface area contributed by atoms with E-state index >= 15 is 0 Å². The zero-order valence-corrected chi connectivity index (χ0v) is 11.4. The fourth-order valence-electron chi connectivity index (χ4n) is 1.34. The summed E-state index contributed by atoms with van der Waals surface area (Å²) < 4.78 is 20.8. The molecule has 1 rings (SSSR count). The van der Waals surface area contributed by atoms with Gasteiger partial charge >= 0.3 is 0 Å². The Bertz CT molecular complexity index is 489. The van der Waals surface area contributed by atoms with Crippen LogP contribution in [0.1, 0.15) is 35.7 Å². The van der Waals surface area contributed by atoms with Crippen molar-refractivity contribution in [3.63, 3.8) is 0 Å². The summed E-state index contributed by atoms with van der Waals surface area (Å²) >= 11 is -1.16. The molecule has 0 unspecified atom stereocenters. The second-order valence-electron chi connectivity index (χ2n) is 3.58. The van der Waals surface area contributed by atoms with Gasteiger partial charge in [-0.05, 0) is 17.5 Å². The average Bonchev–Trinajstić information content (AvgIpc) is 2.30. The SMILES string of the molecule is CC(C)c1cc(C=O)c(O)c(F)c1N=IN=N. The van der Waals surface area contributed by atoms with E-state index in [0.29, 0.717) is 11.8 Å². The quantitative estimate of drug-likeness (QED) is 0.484. The van der Waals surface area contributed by atoms with Crippen LogP contribution in [-0.2, 0) is 0 Å². The number of phenols is 1. The molecule has 0 bridgehead atoms. The van der Waals surface area contributed by atoms with Gasteiger partial charge in [0, 0.05) is 0 Å². The van der Waals surface area contributed by atoms with Crippen molar-refractivity contribution >= 4 is 33.3 Å². The smallest absolute Gasteiger partial charge is 0.191 e. The Kier molecular flexibility index (Phi) is 4.79. The van der Waals surface area contributed by atoms with Crippen LogP contribution in [0.2, 0.25) is 0 Å². The number of phenolic OH excluding ortho intramolecular Hbond substituents is 1. The normalized spacial score (nSPS) is 11.5. The van der Waals surface area contributed by atoms with Gasteiger partial charge in [-0.15, -0.1) is 3.33 Å². The van der Waals surface area contributed by atoms with Gasteiger partial charge in [0.05, 0.1) is 5.56 Å². The van der Waals surface area contributed by atoms with Crippen molar-refractivity contribution in [2.45, 2.75) is 19.8 Å². The van der Waals surface area contributed by atoms with Gasteiger partial charge < -0.3 is 5.11 Å². The second-order valence-corrected chi connectivity index (χ2v) is 4.98. The fourth-order valence-corrected chi connectivity index (χ4v) is 2.16. The Labute approximate surface area is 108 Å². The first kappa shape index (κ1) is 13.8. The lowest BCUT2D eigenvalue weighted by Crippen LogP contribution is -1.95. The molecule has 0 aliphatic heterocycles. The molecular weight excluding hydrogens is 340 g/mol. The lowest BCUT2D eigenvalue weighted by molar-refractivity contribution is 0.112.